The van der Waals surface area contributed by atoms with Gasteiger partial charge in [-0.15, -0.1) is 0 Å². The summed E-state index contributed by atoms with van der Waals surface area (Å²) >= 11 is 0. The third kappa shape index (κ3) is 4.97. The van der Waals surface area contributed by atoms with Gasteiger partial charge in [0.25, 0.3) is 0 Å². The monoisotopic (exact) mass is 295 g/mol. The fourth-order valence-corrected chi connectivity index (χ4v) is 1.80. The van der Waals surface area contributed by atoms with E-state index in [1.54, 1.807) is 19.2 Å². The molecule has 0 saturated heterocycles. The normalized spacial score (nSPS) is 13.3. The van der Waals surface area contributed by atoms with Gasteiger partial charge in [-0.05, 0) is 19.5 Å². The lowest BCUT2D eigenvalue weighted by molar-refractivity contribution is -0.174. The first kappa shape index (κ1) is 16.7. The maximum absolute atomic E-state index is 14.0. The molecular weight excluding hydrogens is 278 g/mol. The van der Waals surface area contributed by atoms with Crippen molar-refractivity contribution in [3.63, 3.8) is 0 Å². The van der Waals surface area contributed by atoms with Gasteiger partial charge in [0.2, 0.25) is 0 Å². The summed E-state index contributed by atoms with van der Waals surface area (Å²) in [5.41, 5.74) is 0.336. The van der Waals surface area contributed by atoms with Crippen molar-refractivity contribution in [3.8, 4) is 5.75 Å². The van der Waals surface area contributed by atoms with E-state index >= 15 is 0 Å². The van der Waals surface area contributed by atoms with Crippen molar-refractivity contribution in [3.05, 3.63) is 29.6 Å². The highest BCUT2D eigenvalue weighted by atomic mass is 19.4. The molecule has 1 unspecified atom stereocenters. The first-order chi connectivity index (χ1) is 9.39. The molecule has 1 aromatic carbocycles. The average molecular weight is 295 g/mol. The van der Waals surface area contributed by atoms with Crippen LogP contribution in [0.5, 0.6) is 5.75 Å². The first-order valence-corrected chi connectivity index (χ1v) is 6.03. The minimum Gasteiger partial charge on any atom is -0.494 e. The van der Waals surface area contributed by atoms with E-state index in [9.17, 15) is 17.6 Å². The van der Waals surface area contributed by atoms with Gasteiger partial charge in [0.1, 0.15) is 6.61 Å². The predicted molar refractivity (Wildman–Crippen MR) is 66.2 cm³/mol. The van der Waals surface area contributed by atoms with E-state index < -0.39 is 24.6 Å². The third-order valence-electron chi connectivity index (χ3n) is 2.75. The molecule has 3 nitrogen and oxygen atoms in total. The van der Waals surface area contributed by atoms with E-state index in [1.165, 1.54) is 13.2 Å². The molecule has 0 aliphatic heterocycles. The van der Waals surface area contributed by atoms with Crippen molar-refractivity contribution in [2.45, 2.75) is 18.6 Å². The van der Waals surface area contributed by atoms with Crippen molar-refractivity contribution in [2.24, 2.45) is 0 Å². The first-order valence-electron chi connectivity index (χ1n) is 6.03. The second-order valence-electron chi connectivity index (χ2n) is 4.16. The summed E-state index contributed by atoms with van der Waals surface area (Å²) in [7, 11) is 2.95. The molecule has 1 N–H and O–H groups in total. The van der Waals surface area contributed by atoms with Gasteiger partial charge in [-0.1, -0.05) is 12.1 Å². The molecule has 0 aromatic heterocycles. The molecule has 0 amide bonds. The quantitative estimate of drug-likeness (QED) is 0.619. The Morgan fingerprint density at radius 2 is 2.00 bits per heavy atom. The Morgan fingerprint density at radius 1 is 1.30 bits per heavy atom. The van der Waals surface area contributed by atoms with Gasteiger partial charge >= 0.3 is 6.18 Å². The van der Waals surface area contributed by atoms with E-state index in [1.807, 2.05) is 0 Å². The SMILES string of the molecule is CNC(CCOCC(F)(F)F)c1cccc(OC)c1F. The standard InChI is InChI=1S/C13H17F4NO2/c1-18-10(6-7-20-8-13(15,16)17)9-4-3-5-11(19-2)12(9)14/h3-5,10,18H,6-8H2,1-2H3. The topological polar surface area (TPSA) is 30.5 Å². The van der Waals surface area contributed by atoms with Crippen LogP contribution in [0.15, 0.2) is 18.2 Å². The Bertz CT molecular complexity index is 423. The molecule has 0 bridgehead atoms. The zero-order valence-corrected chi connectivity index (χ0v) is 11.3. The molecule has 0 fully saturated rings. The summed E-state index contributed by atoms with van der Waals surface area (Å²) in [5, 5.41) is 2.85. The van der Waals surface area contributed by atoms with Crippen molar-refractivity contribution >= 4 is 0 Å². The predicted octanol–water partition coefficient (Wildman–Crippen LogP) is 3.06. The largest absolute Gasteiger partial charge is 0.494 e. The van der Waals surface area contributed by atoms with Crippen molar-refractivity contribution in [2.75, 3.05) is 27.4 Å². The fourth-order valence-electron chi connectivity index (χ4n) is 1.80. The number of nitrogens with one attached hydrogen (secondary N) is 1. The number of halogens is 4. The lowest BCUT2D eigenvalue weighted by Gasteiger charge is -2.18. The van der Waals surface area contributed by atoms with Crippen LogP contribution in [0.2, 0.25) is 0 Å². The smallest absolute Gasteiger partial charge is 0.411 e. The zero-order chi connectivity index (χ0) is 15.2. The van der Waals surface area contributed by atoms with Crippen LogP contribution >= 0.6 is 0 Å². The average Bonchev–Trinajstić information content (AvgIpc) is 2.39. The van der Waals surface area contributed by atoms with Crippen LogP contribution in [0.3, 0.4) is 0 Å². The molecule has 0 spiro atoms. The lowest BCUT2D eigenvalue weighted by Crippen LogP contribution is -2.22. The number of rotatable bonds is 7. The summed E-state index contributed by atoms with van der Waals surface area (Å²) in [6.45, 7) is -1.42. The van der Waals surface area contributed by atoms with Crippen molar-refractivity contribution in [1.82, 2.24) is 5.32 Å². The minimum absolute atomic E-state index is 0.0963. The third-order valence-corrected chi connectivity index (χ3v) is 2.75. The number of hydrogen-bond acceptors (Lipinski definition) is 3. The van der Waals surface area contributed by atoms with Gasteiger partial charge in [-0.25, -0.2) is 4.39 Å². The molecule has 0 aliphatic carbocycles. The Balaban J connectivity index is 2.63. The number of hydrogen-bond donors (Lipinski definition) is 1. The van der Waals surface area contributed by atoms with Crippen LogP contribution in [0.1, 0.15) is 18.0 Å². The Labute approximate surface area is 114 Å². The fraction of sp³-hybridized carbons (Fsp3) is 0.538. The number of methoxy groups -OCH3 is 1. The van der Waals surface area contributed by atoms with Gasteiger partial charge in [0, 0.05) is 18.2 Å². The van der Waals surface area contributed by atoms with Crippen LogP contribution in [0.25, 0.3) is 0 Å². The van der Waals surface area contributed by atoms with Gasteiger partial charge in [0.05, 0.1) is 7.11 Å². The molecule has 0 heterocycles. The maximum atomic E-state index is 14.0. The molecule has 0 aliphatic rings. The van der Waals surface area contributed by atoms with E-state index in [2.05, 4.69) is 10.1 Å². The molecule has 1 aromatic rings. The summed E-state index contributed by atoms with van der Waals surface area (Å²) in [6.07, 6.45) is -4.13. The zero-order valence-electron chi connectivity index (χ0n) is 11.3. The summed E-state index contributed by atoms with van der Waals surface area (Å²) in [5.74, 6) is -0.427. The van der Waals surface area contributed by atoms with Crippen LogP contribution in [-0.2, 0) is 4.74 Å². The number of ether oxygens (including phenoxy) is 2. The molecule has 1 atom stereocenters. The highest BCUT2D eigenvalue weighted by Crippen LogP contribution is 2.26. The summed E-state index contributed by atoms with van der Waals surface area (Å²) < 4.78 is 59.2. The second-order valence-corrected chi connectivity index (χ2v) is 4.16. The van der Waals surface area contributed by atoms with E-state index in [4.69, 9.17) is 4.74 Å². The Hall–Kier alpha value is -1.34. The summed E-state index contributed by atoms with van der Waals surface area (Å²) in [6, 6.07) is 4.21. The molecule has 1 rings (SSSR count). The van der Waals surface area contributed by atoms with Crippen LogP contribution in [0.4, 0.5) is 17.6 Å². The van der Waals surface area contributed by atoms with Gasteiger partial charge in [0.15, 0.2) is 11.6 Å². The van der Waals surface area contributed by atoms with E-state index in [0.717, 1.165) is 0 Å². The highest BCUT2D eigenvalue weighted by molar-refractivity contribution is 5.33. The Kier molecular flexibility index (Phi) is 6.22. The minimum atomic E-state index is -4.35. The number of benzene rings is 1. The Morgan fingerprint density at radius 3 is 2.55 bits per heavy atom. The van der Waals surface area contributed by atoms with Crippen LogP contribution < -0.4 is 10.1 Å². The molecule has 0 radical (unpaired) electrons. The van der Waals surface area contributed by atoms with E-state index in [-0.39, 0.29) is 18.8 Å². The number of alkyl halides is 3. The van der Waals surface area contributed by atoms with Crippen LogP contribution in [0, 0.1) is 5.82 Å². The van der Waals surface area contributed by atoms with Gasteiger partial charge < -0.3 is 14.8 Å². The van der Waals surface area contributed by atoms with Crippen molar-refractivity contribution in [1.29, 1.82) is 0 Å². The lowest BCUT2D eigenvalue weighted by atomic mass is 10.0. The molecule has 114 valence electrons. The van der Waals surface area contributed by atoms with E-state index in [0.29, 0.717) is 5.56 Å². The molecule has 0 saturated carbocycles. The summed E-state index contributed by atoms with van der Waals surface area (Å²) in [4.78, 5) is 0. The van der Waals surface area contributed by atoms with Crippen molar-refractivity contribution < 1.29 is 27.0 Å². The molecular formula is C13H17F4NO2. The van der Waals surface area contributed by atoms with Gasteiger partial charge in [-0.3, -0.25) is 0 Å². The van der Waals surface area contributed by atoms with Gasteiger partial charge in [-0.2, -0.15) is 13.2 Å². The maximum Gasteiger partial charge on any atom is 0.411 e. The molecule has 7 heteroatoms. The highest BCUT2D eigenvalue weighted by Gasteiger charge is 2.27. The van der Waals surface area contributed by atoms with Crippen LogP contribution in [-0.4, -0.2) is 33.5 Å². The second kappa shape index (κ2) is 7.44. The molecule has 20 heavy (non-hydrogen) atoms.